The predicted molar refractivity (Wildman–Crippen MR) is 62.1 cm³/mol. The molecule has 1 N–H and O–H groups in total. The second kappa shape index (κ2) is 4.25. The van der Waals surface area contributed by atoms with Crippen molar-refractivity contribution in [3.63, 3.8) is 0 Å². The summed E-state index contributed by atoms with van der Waals surface area (Å²) in [7, 11) is 0. The van der Waals surface area contributed by atoms with Crippen LogP contribution in [-0.2, 0) is 0 Å². The van der Waals surface area contributed by atoms with Gasteiger partial charge in [-0.05, 0) is 6.92 Å². The number of benzene rings is 1. The molecular formula is C13H10O4. The highest BCUT2D eigenvalue weighted by molar-refractivity contribution is 5.96. The summed E-state index contributed by atoms with van der Waals surface area (Å²) < 4.78 is 5.00. The maximum absolute atomic E-state index is 11.5. The Labute approximate surface area is 97.1 Å². The average molecular weight is 230 g/mol. The maximum Gasteiger partial charge on any atom is 0.351 e. The Kier molecular flexibility index (Phi) is 2.78. The largest absolute Gasteiger partial charge is 0.507 e. The van der Waals surface area contributed by atoms with E-state index in [0.29, 0.717) is 5.56 Å². The SMILES string of the molecule is CC(=O)c1c(O)cc(-c2ccccc2)oc1=O. The molecule has 2 aromatic rings. The highest BCUT2D eigenvalue weighted by atomic mass is 16.4. The first-order chi connectivity index (χ1) is 8.09. The van der Waals surface area contributed by atoms with Crippen LogP contribution in [0.5, 0.6) is 5.75 Å². The molecule has 4 nitrogen and oxygen atoms in total. The summed E-state index contributed by atoms with van der Waals surface area (Å²) in [6.45, 7) is 1.20. The molecule has 2 rings (SSSR count). The van der Waals surface area contributed by atoms with Crippen LogP contribution in [0.25, 0.3) is 11.3 Å². The second-order valence-electron chi connectivity index (χ2n) is 3.58. The Morgan fingerprint density at radius 2 is 1.88 bits per heavy atom. The van der Waals surface area contributed by atoms with Crippen molar-refractivity contribution in [3.8, 4) is 17.1 Å². The molecule has 1 aromatic carbocycles. The molecule has 0 radical (unpaired) electrons. The molecule has 0 aliphatic rings. The quantitative estimate of drug-likeness (QED) is 0.803. The third kappa shape index (κ3) is 2.10. The number of ketones is 1. The third-order valence-electron chi connectivity index (χ3n) is 2.34. The molecule has 0 spiro atoms. The fraction of sp³-hybridized carbons (Fsp3) is 0.0769. The molecule has 0 amide bonds. The van der Waals surface area contributed by atoms with Crippen LogP contribution in [-0.4, -0.2) is 10.9 Å². The molecule has 0 saturated heterocycles. The molecule has 0 saturated carbocycles. The van der Waals surface area contributed by atoms with E-state index in [-0.39, 0.29) is 17.1 Å². The van der Waals surface area contributed by atoms with Gasteiger partial charge in [0.1, 0.15) is 17.1 Å². The van der Waals surface area contributed by atoms with E-state index in [1.165, 1.54) is 13.0 Å². The van der Waals surface area contributed by atoms with Crippen LogP contribution in [0.15, 0.2) is 45.6 Å². The van der Waals surface area contributed by atoms with Crippen molar-refractivity contribution in [3.05, 3.63) is 52.4 Å². The van der Waals surface area contributed by atoms with Gasteiger partial charge in [0.2, 0.25) is 0 Å². The summed E-state index contributed by atoms with van der Waals surface area (Å²) in [4.78, 5) is 22.6. The fourth-order valence-corrected chi connectivity index (χ4v) is 1.55. The smallest absolute Gasteiger partial charge is 0.351 e. The Bertz CT molecular complexity index is 611. The normalized spacial score (nSPS) is 10.2. The molecule has 0 aliphatic carbocycles. The van der Waals surface area contributed by atoms with Crippen molar-refractivity contribution < 1.29 is 14.3 Å². The van der Waals surface area contributed by atoms with E-state index in [4.69, 9.17) is 4.42 Å². The highest BCUT2D eigenvalue weighted by Gasteiger charge is 2.15. The van der Waals surface area contributed by atoms with Crippen LogP contribution in [0.2, 0.25) is 0 Å². The minimum atomic E-state index is -0.823. The number of carbonyl (C=O) groups is 1. The summed E-state index contributed by atoms with van der Waals surface area (Å²) >= 11 is 0. The molecule has 0 fully saturated rings. The van der Waals surface area contributed by atoms with Crippen LogP contribution in [0.1, 0.15) is 17.3 Å². The number of aromatic hydroxyl groups is 1. The molecule has 0 unspecified atom stereocenters. The van der Waals surface area contributed by atoms with Gasteiger partial charge in [-0.2, -0.15) is 0 Å². The van der Waals surface area contributed by atoms with Gasteiger partial charge in [0.25, 0.3) is 0 Å². The van der Waals surface area contributed by atoms with Crippen LogP contribution < -0.4 is 5.63 Å². The van der Waals surface area contributed by atoms with Gasteiger partial charge in [-0.15, -0.1) is 0 Å². The number of Topliss-reactive ketones (excluding diaryl/α,β-unsaturated/α-hetero) is 1. The van der Waals surface area contributed by atoms with E-state index >= 15 is 0 Å². The van der Waals surface area contributed by atoms with Gasteiger partial charge in [0.05, 0.1) is 0 Å². The zero-order valence-corrected chi connectivity index (χ0v) is 9.14. The Morgan fingerprint density at radius 3 is 2.41 bits per heavy atom. The minimum absolute atomic E-state index is 0.234. The molecule has 0 atom stereocenters. The predicted octanol–water partition coefficient (Wildman–Crippen LogP) is 2.21. The van der Waals surface area contributed by atoms with Crippen molar-refractivity contribution in [2.75, 3.05) is 0 Å². The molecule has 4 heteroatoms. The fourth-order valence-electron chi connectivity index (χ4n) is 1.55. The summed E-state index contributed by atoms with van der Waals surface area (Å²) in [5, 5.41) is 9.62. The standard InChI is InChI=1S/C13H10O4/c1-8(14)12-10(15)7-11(17-13(12)16)9-5-3-2-4-6-9/h2-7,15H,1H3. The molecule has 86 valence electrons. The van der Waals surface area contributed by atoms with Gasteiger partial charge in [0.15, 0.2) is 5.78 Å². The first-order valence-corrected chi connectivity index (χ1v) is 5.03. The summed E-state index contributed by atoms with van der Waals surface area (Å²) in [5.74, 6) is -0.637. The van der Waals surface area contributed by atoms with E-state index in [0.717, 1.165) is 0 Å². The van der Waals surface area contributed by atoms with Gasteiger partial charge < -0.3 is 9.52 Å². The molecule has 17 heavy (non-hydrogen) atoms. The van der Waals surface area contributed by atoms with E-state index in [1.807, 2.05) is 6.07 Å². The van der Waals surface area contributed by atoms with E-state index < -0.39 is 11.4 Å². The van der Waals surface area contributed by atoms with Gasteiger partial charge in [-0.25, -0.2) is 4.79 Å². The van der Waals surface area contributed by atoms with Gasteiger partial charge in [-0.1, -0.05) is 30.3 Å². The molecule has 0 bridgehead atoms. The third-order valence-corrected chi connectivity index (χ3v) is 2.34. The Hall–Kier alpha value is -2.36. The topological polar surface area (TPSA) is 67.5 Å². The monoisotopic (exact) mass is 230 g/mol. The number of hydrogen-bond donors (Lipinski definition) is 1. The highest BCUT2D eigenvalue weighted by Crippen LogP contribution is 2.23. The molecule has 1 aromatic heterocycles. The zero-order valence-electron chi connectivity index (χ0n) is 9.14. The first-order valence-electron chi connectivity index (χ1n) is 5.03. The minimum Gasteiger partial charge on any atom is -0.507 e. The lowest BCUT2D eigenvalue weighted by Crippen LogP contribution is -2.11. The lowest BCUT2D eigenvalue weighted by molar-refractivity contribution is 0.101. The Balaban J connectivity index is 2.62. The van der Waals surface area contributed by atoms with E-state index in [1.54, 1.807) is 24.3 Å². The zero-order chi connectivity index (χ0) is 12.4. The van der Waals surface area contributed by atoms with E-state index in [2.05, 4.69) is 0 Å². The van der Waals surface area contributed by atoms with Crippen LogP contribution >= 0.6 is 0 Å². The van der Waals surface area contributed by atoms with Gasteiger partial charge >= 0.3 is 5.63 Å². The van der Waals surface area contributed by atoms with Crippen molar-refractivity contribution >= 4 is 5.78 Å². The van der Waals surface area contributed by atoms with Crippen molar-refractivity contribution in [2.45, 2.75) is 6.92 Å². The number of carbonyl (C=O) groups excluding carboxylic acids is 1. The summed E-state index contributed by atoms with van der Waals surface area (Å²) in [6, 6.07) is 10.1. The van der Waals surface area contributed by atoms with Crippen LogP contribution in [0.4, 0.5) is 0 Å². The maximum atomic E-state index is 11.5. The van der Waals surface area contributed by atoms with Crippen LogP contribution in [0.3, 0.4) is 0 Å². The van der Waals surface area contributed by atoms with E-state index in [9.17, 15) is 14.7 Å². The van der Waals surface area contributed by atoms with Crippen LogP contribution in [0, 0.1) is 0 Å². The first kappa shape index (κ1) is 11.1. The molecule has 0 aliphatic heterocycles. The lowest BCUT2D eigenvalue weighted by atomic mass is 10.1. The number of hydrogen-bond acceptors (Lipinski definition) is 4. The van der Waals surface area contributed by atoms with Crippen molar-refractivity contribution in [1.29, 1.82) is 0 Å². The molecule has 1 heterocycles. The molecular weight excluding hydrogens is 220 g/mol. The lowest BCUT2D eigenvalue weighted by Gasteiger charge is -2.03. The van der Waals surface area contributed by atoms with Gasteiger partial charge in [0, 0.05) is 11.6 Å². The number of rotatable bonds is 2. The summed E-state index contributed by atoms with van der Waals surface area (Å²) in [5.41, 5.74) is -0.476. The van der Waals surface area contributed by atoms with Gasteiger partial charge in [-0.3, -0.25) is 4.79 Å². The van der Waals surface area contributed by atoms with Crippen molar-refractivity contribution in [2.24, 2.45) is 0 Å². The van der Waals surface area contributed by atoms with Crippen molar-refractivity contribution in [1.82, 2.24) is 0 Å². The second-order valence-corrected chi connectivity index (χ2v) is 3.58. The average Bonchev–Trinajstić information content (AvgIpc) is 2.28. The Morgan fingerprint density at radius 1 is 1.24 bits per heavy atom. The summed E-state index contributed by atoms with van der Waals surface area (Å²) in [6.07, 6.45) is 0.